The van der Waals surface area contributed by atoms with Gasteiger partial charge in [0, 0.05) is 0 Å². The minimum atomic E-state index is 0.0546. The maximum absolute atomic E-state index is 9.09. The summed E-state index contributed by atoms with van der Waals surface area (Å²) in [7, 11) is 0. The summed E-state index contributed by atoms with van der Waals surface area (Å²) in [6.45, 7) is 3.90. The number of rotatable bonds is 4. The summed E-state index contributed by atoms with van der Waals surface area (Å²) in [6, 6.07) is 15.0. The topological polar surface area (TPSA) is 71.1 Å². The highest BCUT2D eigenvalue weighted by Gasteiger charge is 2.09. The van der Waals surface area contributed by atoms with Gasteiger partial charge >= 0.3 is 0 Å². The molecule has 0 fully saturated rings. The quantitative estimate of drug-likeness (QED) is 0.829. The molecule has 0 radical (unpaired) electrons. The Hall–Kier alpha value is -2.67. The third kappa shape index (κ3) is 3.01. The summed E-state index contributed by atoms with van der Waals surface area (Å²) in [5, 5.41) is 12.3. The monoisotopic (exact) mass is 267 g/mol. The molecular formula is C16H17N3O. The van der Waals surface area contributed by atoms with E-state index in [1.165, 1.54) is 0 Å². The molecule has 0 saturated carbocycles. The molecule has 102 valence electrons. The van der Waals surface area contributed by atoms with Gasteiger partial charge in [0.25, 0.3) is 0 Å². The van der Waals surface area contributed by atoms with Gasteiger partial charge in [-0.3, -0.25) is 0 Å². The molecule has 2 aromatic rings. The molecule has 2 aromatic carbocycles. The lowest BCUT2D eigenvalue weighted by atomic mass is 10.1. The first-order chi connectivity index (χ1) is 9.61. The number of nitrogens with two attached hydrogens (primary N) is 1. The summed E-state index contributed by atoms with van der Waals surface area (Å²) < 4.78 is 5.65. The lowest BCUT2D eigenvalue weighted by molar-refractivity contribution is 0.244. The number of hydrogen-bond acceptors (Lipinski definition) is 4. The van der Waals surface area contributed by atoms with E-state index in [2.05, 4.69) is 11.4 Å². The molecular weight excluding hydrogens is 250 g/mol. The van der Waals surface area contributed by atoms with E-state index in [-0.39, 0.29) is 6.10 Å². The van der Waals surface area contributed by atoms with Crippen LogP contribution < -0.4 is 15.8 Å². The van der Waals surface area contributed by atoms with Crippen molar-refractivity contribution in [3.05, 3.63) is 48.0 Å². The van der Waals surface area contributed by atoms with E-state index in [1.54, 1.807) is 6.07 Å². The van der Waals surface area contributed by atoms with E-state index in [0.29, 0.717) is 17.0 Å². The summed E-state index contributed by atoms with van der Waals surface area (Å²) in [6.07, 6.45) is 0.0546. The fourth-order valence-electron chi connectivity index (χ4n) is 1.84. The first-order valence-corrected chi connectivity index (χ1v) is 6.43. The molecule has 4 nitrogen and oxygen atoms in total. The van der Waals surface area contributed by atoms with Crippen molar-refractivity contribution in [1.29, 1.82) is 5.26 Å². The SMILES string of the molecule is CC(C)Oc1cccc(Nc2ccccc2C#N)c1N. The van der Waals surface area contributed by atoms with E-state index >= 15 is 0 Å². The lowest BCUT2D eigenvalue weighted by Gasteiger charge is -2.16. The molecule has 0 bridgehead atoms. The fourth-order valence-corrected chi connectivity index (χ4v) is 1.84. The number of anilines is 3. The van der Waals surface area contributed by atoms with Crippen LogP contribution in [0.2, 0.25) is 0 Å². The average molecular weight is 267 g/mol. The van der Waals surface area contributed by atoms with Gasteiger partial charge in [0.2, 0.25) is 0 Å². The normalized spacial score (nSPS) is 10.1. The van der Waals surface area contributed by atoms with Gasteiger partial charge in [-0.1, -0.05) is 18.2 Å². The van der Waals surface area contributed by atoms with E-state index in [0.717, 1.165) is 11.4 Å². The summed E-state index contributed by atoms with van der Waals surface area (Å²) >= 11 is 0. The minimum Gasteiger partial charge on any atom is -0.489 e. The van der Waals surface area contributed by atoms with Gasteiger partial charge in [-0.15, -0.1) is 0 Å². The van der Waals surface area contributed by atoms with Crippen LogP contribution in [0.5, 0.6) is 5.75 Å². The van der Waals surface area contributed by atoms with Crippen LogP contribution in [0.25, 0.3) is 0 Å². The molecule has 2 rings (SSSR count). The molecule has 0 aliphatic rings. The van der Waals surface area contributed by atoms with E-state index in [9.17, 15) is 0 Å². The van der Waals surface area contributed by atoms with Crippen LogP contribution in [0.15, 0.2) is 42.5 Å². The number of benzene rings is 2. The molecule has 0 atom stereocenters. The van der Waals surface area contributed by atoms with E-state index < -0.39 is 0 Å². The molecule has 0 aromatic heterocycles. The Kier molecular flexibility index (Phi) is 4.11. The zero-order valence-electron chi connectivity index (χ0n) is 11.6. The van der Waals surface area contributed by atoms with Gasteiger partial charge < -0.3 is 15.8 Å². The molecule has 0 spiro atoms. The van der Waals surface area contributed by atoms with Crippen molar-refractivity contribution < 1.29 is 4.74 Å². The number of nitrogen functional groups attached to an aromatic ring is 1. The van der Waals surface area contributed by atoms with Crippen LogP contribution >= 0.6 is 0 Å². The van der Waals surface area contributed by atoms with Gasteiger partial charge in [0.05, 0.1) is 28.7 Å². The van der Waals surface area contributed by atoms with Crippen molar-refractivity contribution in [1.82, 2.24) is 0 Å². The zero-order chi connectivity index (χ0) is 14.5. The second-order valence-corrected chi connectivity index (χ2v) is 4.67. The van der Waals surface area contributed by atoms with Crippen LogP contribution in [0, 0.1) is 11.3 Å². The maximum atomic E-state index is 9.09. The predicted molar refractivity (Wildman–Crippen MR) is 81.1 cm³/mol. The maximum Gasteiger partial charge on any atom is 0.144 e. The molecule has 0 aliphatic heterocycles. The van der Waals surface area contributed by atoms with Crippen LogP contribution in [-0.4, -0.2) is 6.10 Å². The van der Waals surface area contributed by atoms with Crippen molar-refractivity contribution in [2.24, 2.45) is 0 Å². The van der Waals surface area contributed by atoms with Gasteiger partial charge in [0.1, 0.15) is 11.8 Å². The van der Waals surface area contributed by atoms with Gasteiger partial charge in [-0.25, -0.2) is 0 Å². The van der Waals surface area contributed by atoms with Crippen LogP contribution in [-0.2, 0) is 0 Å². The number of nitrogens with zero attached hydrogens (tertiary/aromatic N) is 1. The number of hydrogen-bond donors (Lipinski definition) is 2. The number of nitrogens with one attached hydrogen (secondary N) is 1. The third-order valence-corrected chi connectivity index (χ3v) is 2.75. The second-order valence-electron chi connectivity index (χ2n) is 4.67. The van der Waals surface area contributed by atoms with E-state index in [1.807, 2.05) is 50.2 Å². The minimum absolute atomic E-state index is 0.0546. The molecule has 0 amide bonds. The Morgan fingerprint density at radius 3 is 2.50 bits per heavy atom. The Bertz CT molecular complexity index is 644. The van der Waals surface area contributed by atoms with Crippen LogP contribution in [0.1, 0.15) is 19.4 Å². The van der Waals surface area contributed by atoms with Gasteiger partial charge in [0.15, 0.2) is 0 Å². The van der Waals surface area contributed by atoms with Gasteiger partial charge in [-0.05, 0) is 38.1 Å². The largest absolute Gasteiger partial charge is 0.489 e. The summed E-state index contributed by atoms with van der Waals surface area (Å²) in [4.78, 5) is 0. The Morgan fingerprint density at radius 1 is 1.10 bits per heavy atom. The molecule has 0 aliphatic carbocycles. The smallest absolute Gasteiger partial charge is 0.144 e. The number of nitriles is 1. The van der Waals surface area contributed by atoms with Gasteiger partial charge in [-0.2, -0.15) is 5.26 Å². The molecule has 20 heavy (non-hydrogen) atoms. The Labute approximate surface area is 118 Å². The summed E-state index contributed by atoms with van der Waals surface area (Å²) in [5.41, 5.74) is 8.66. The Morgan fingerprint density at radius 2 is 1.80 bits per heavy atom. The lowest BCUT2D eigenvalue weighted by Crippen LogP contribution is -2.08. The predicted octanol–water partition coefficient (Wildman–Crippen LogP) is 3.67. The zero-order valence-corrected chi connectivity index (χ0v) is 11.6. The fraction of sp³-hybridized carbons (Fsp3) is 0.188. The molecule has 0 saturated heterocycles. The van der Waals surface area contributed by atoms with Crippen molar-refractivity contribution in [2.45, 2.75) is 20.0 Å². The first-order valence-electron chi connectivity index (χ1n) is 6.43. The van der Waals surface area contributed by atoms with Crippen molar-refractivity contribution in [3.8, 4) is 11.8 Å². The van der Waals surface area contributed by atoms with Crippen molar-refractivity contribution in [2.75, 3.05) is 11.1 Å². The number of ether oxygens (including phenoxy) is 1. The highest BCUT2D eigenvalue weighted by molar-refractivity contribution is 5.79. The molecule has 0 heterocycles. The van der Waals surface area contributed by atoms with Crippen LogP contribution in [0.3, 0.4) is 0 Å². The highest BCUT2D eigenvalue weighted by Crippen LogP contribution is 2.32. The van der Waals surface area contributed by atoms with Crippen molar-refractivity contribution in [3.63, 3.8) is 0 Å². The van der Waals surface area contributed by atoms with Crippen molar-refractivity contribution >= 4 is 17.1 Å². The molecule has 0 unspecified atom stereocenters. The standard InChI is InChI=1S/C16H17N3O/c1-11(2)20-15-9-5-8-14(16(15)18)19-13-7-4-3-6-12(13)10-17/h3-9,11,19H,18H2,1-2H3. The van der Waals surface area contributed by atoms with E-state index in [4.69, 9.17) is 15.7 Å². The number of para-hydroxylation sites is 2. The second kappa shape index (κ2) is 5.98. The Balaban J connectivity index is 2.32. The molecule has 3 N–H and O–H groups in total. The average Bonchev–Trinajstić information content (AvgIpc) is 2.43. The van der Waals surface area contributed by atoms with Crippen LogP contribution in [0.4, 0.5) is 17.1 Å². The highest BCUT2D eigenvalue weighted by atomic mass is 16.5. The third-order valence-electron chi connectivity index (χ3n) is 2.75. The molecule has 4 heteroatoms. The summed E-state index contributed by atoms with van der Waals surface area (Å²) in [5.74, 6) is 0.638. The first kappa shape index (κ1) is 13.8.